The van der Waals surface area contributed by atoms with Crippen molar-refractivity contribution < 1.29 is 14.3 Å². The predicted molar refractivity (Wildman–Crippen MR) is 112 cm³/mol. The number of amides is 1. The SMILES string of the molecule is CCCCOc1ccc(/C=C(/C#N)C(=O)Nc2ccc(Cl)cc2)cc1OCC. The van der Waals surface area contributed by atoms with E-state index in [9.17, 15) is 10.1 Å². The van der Waals surface area contributed by atoms with Gasteiger partial charge >= 0.3 is 0 Å². The Hall–Kier alpha value is -2.97. The summed E-state index contributed by atoms with van der Waals surface area (Å²) in [5, 5.41) is 12.6. The number of carbonyl (C=O) groups is 1. The van der Waals surface area contributed by atoms with Gasteiger partial charge in [0, 0.05) is 10.7 Å². The number of nitrogens with zero attached hydrogens (tertiary/aromatic N) is 1. The summed E-state index contributed by atoms with van der Waals surface area (Å²) in [6.07, 6.45) is 3.51. The van der Waals surface area contributed by atoms with E-state index >= 15 is 0 Å². The number of nitriles is 1. The summed E-state index contributed by atoms with van der Waals surface area (Å²) >= 11 is 5.84. The molecule has 0 aliphatic carbocycles. The highest BCUT2D eigenvalue weighted by molar-refractivity contribution is 6.30. The Morgan fingerprint density at radius 3 is 2.54 bits per heavy atom. The fourth-order valence-corrected chi connectivity index (χ4v) is 2.50. The molecule has 0 saturated heterocycles. The van der Waals surface area contributed by atoms with Crippen LogP contribution in [0.15, 0.2) is 48.0 Å². The normalized spacial score (nSPS) is 10.9. The average molecular weight is 399 g/mol. The fraction of sp³-hybridized carbons (Fsp3) is 0.273. The van der Waals surface area contributed by atoms with Gasteiger partial charge in [0.15, 0.2) is 11.5 Å². The average Bonchev–Trinajstić information content (AvgIpc) is 2.69. The maximum atomic E-state index is 12.4. The van der Waals surface area contributed by atoms with Crippen LogP contribution in [0, 0.1) is 11.3 Å². The molecular weight excluding hydrogens is 376 g/mol. The second-order valence-corrected chi connectivity index (χ2v) is 6.41. The summed E-state index contributed by atoms with van der Waals surface area (Å²) in [5.74, 6) is 0.741. The molecule has 0 atom stereocenters. The summed E-state index contributed by atoms with van der Waals surface area (Å²) in [7, 11) is 0. The molecule has 0 spiro atoms. The lowest BCUT2D eigenvalue weighted by Gasteiger charge is -2.12. The second kappa shape index (κ2) is 11.0. The summed E-state index contributed by atoms with van der Waals surface area (Å²) in [4.78, 5) is 12.4. The van der Waals surface area contributed by atoms with Crippen LogP contribution in [0.3, 0.4) is 0 Å². The predicted octanol–water partition coefficient (Wildman–Crippen LogP) is 5.46. The van der Waals surface area contributed by atoms with Crippen LogP contribution in [0.4, 0.5) is 5.69 Å². The lowest BCUT2D eigenvalue weighted by molar-refractivity contribution is -0.112. The van der Waals surface area contributed by atoms with E-state index in [0.29, 0.717) is 41.0 Å². The van der Waals surface area contributed by atoms with E-state index in [-0.39, 0.29) is 5.57 Å². The van der Waals surface area contributed by atoms with Crippen molar-refractivity contribution >= 4 is 29.3 Å². The molecule has 146 valence electrons. The van der Waals surface area contributed by atoms with Gasteiger partial charge in [0.25, 0.3) is 5.91 Å². The Morgan fingerprint density at radius 1 is 1.14 bits per heavy atom. The molecule has 2 aromatic carbocycles. The van der Waals surface area contributed by atoms with Crippen molar-refractivity contribution in [2.24, 2.45) is 0 Å². The van der Waals surface area contributed by atoms with Crippen LogP contribution in [0.1, 0.15) is 32.3 Å². The van der Waals surface area contributed by atoms with Gasteiger partial charge in [-0.2, -0.15) is 5.26 Å². The zero-order valence-electron chi connectivity index (χ0n) is 16.0. The first-order valence-corrected chi connectivity index (χ1v) is 9.53. The van der Waals surface area contributed by atoms with Crippen molar-refractivity contribution in [3.8, 4) is 17.6 Å². The molecule has 6 heteroatoms. The molecule has 2 rings (SSSR count). The number of nitrogens with one attached hydrogen (secondary N) is 1. The summed E-state index contributed by atoms with van der Waals surface area (Å²) in [6.45, 7) is 5.08. The molecule has 1 N–H and O–H groups in total. The van der Waals surface area contributed by atoms with E-state index in [4.69, 9.17) is 21.1 Å². The Labute approximate surface area is 170 Å². The minimum Gasteiger partial charge on any atom is -0.490 e. The molecule has 0 bridgehead atoms. The Morgan fingerprint density at radius 2 is 1.89 bits per heavy atom. The number of unbranched alkanes of at least 4 members (excludes halogenated alkanes) is 1. The van der Waals surface area contributed by atoms with Gasteiger partial charge in [-0.25, -0.2) is 0 Å². The van der Waals surface area contributed by atoms with Crippen LogP contribution in [0.5, 0.6) is 11.5 Å². The number of ether oxygens (including phenoxy) is 2. The standard InChI is InChI=1S/C22H23ClN2O3/c1-3-5-12-28-20-11-6-16(14-21(20)27-4-2)13-17(15-24)22(26)25-19-9-7-18(23)8-10-19/h6-11,13-14H,3-5,12H2,1-2H3,(H,25,26)/b17-13-. The highest BCUT2D eigenvalue weighted by Gasteiger charge is 2.11. The van der Waals surface area contributed by atoms with E-state index in [1.165, 1.54) is 6.08 Å². The van der Waals surface area contributed by atoms with Crippen LogP contribution < -0.4 is 14.8 Å². The quantitative estimate of drug-likeness (QED) is 0.345. The highest BCUT2D eigenvalue weighted by Crippen LogP contribution is 2.29. The van der Waals surface area contributed by atoms with Crippen LogP contribution in [-0.2, 0) is 4.79 Å². The molecule has 0 unspecified atom stereocenters. The van der Waals surface area contributed by atoms with E-state index < -0.39 is 5.91 Å². The highest BCUT2D eigenvalue weighted by atomic mass is 35.5. The first kappa shape index (κ1) is 21.3. The number of hydrogen-bond acceptors (Lipinski definition) is 4. The second-order valence-electron chi connectivity index (χ2n) is 5.97. The van der Waals surface area contributed by atoms with Gasteiger partial charge in [-0.15, -0.1) is 0 Å². The minimum atomic E-state index is -0.494. The Balaban J connectivity index is 2.19. The number of hydrogen-bond donors (Lipinski definition) is 1. The lowest BCUT2D eigenvalue weighted by atomic mass is 10.1. The van der Waals surface area contributed by atoms with E-state index in [1.807, 2.05) is 13.0 Å². The van der Waals surface area contributed by atoms with Crippen LogP contribution in [-0.4, -0.2) is 19.1 Å². The van der Waals surface area contributed by atoms with Gasteiger partial charge in [-0.05, 0) is 61.4 Å². The van der Waals surface area contributed by atoms with Gasteiger partial charge in [0.05, 0.1) is 13.2 Å². The van der Waals surface area contributed by atoms with Crippen LogP contribution >= 0.6 is 11.6 Å². The van der Waals surface area contributed by atoms with E-state index in [1.54, 1.807) is 42.5 Å². The summed E-state index contributed by atoms with van der Waals surface area (Å²) in [6, 6.07) is 14.0. The van der Waals surface area contributed by atoms with Crippen molar-refractivity contribution in [1.82, 2.24) is 0 Å². The largest absolute Gasteiger partial charge is 0.490 e. The molecule has 0 aromatic heterocycles. The fourth-order valence-electron chi connectivity index (χ4n) is 2.38. The van der Waals surface area contributed by atoms with Crippen molar-refractivity contribution in [2.45, 2.75) is 26.7 Å². The zero-order valence-corrected chi connectivity index (χ0v) is 16.8. The summed E-state index contributed by atoms with van der Waals surface area (Å²) < 4.78 is 11.4. The van der Waals surface area contributed by atoms with Crippen molar-refractivity contribution in [3.63, 3.8) is 0 Å². The van der Waals surface area contributed by atoms with Crippen molar-refractivity contribution in [1.29, 1.82) is 5.26 Å². The van der Waals surface area contributed by atoms with Crippen molar-refractivity contribution in [2.75, 3.05) is 18.5 Å². The van der Waals surface area contributed by atoms with E-state index in [2.05, 4.69) is 12.2 Å². The van der Waals surface area contributed by atoms with Gasteiger partial charge in [-0.3, -0.25) is 4.79 Å². The first-order chi connectivity index (χ1) is 13.6. The van der Waals surface area contributed by atoms with Crippen LogP contribution in [0.25, 0.3) is 6.08 Å². The zero-order chi connectivity index (χ0) is 20.4. The van der Waals surface area contributed by atoms with Crippen molar-refractivity contribution in [3.05, 3.63) is 58.6 Å². The lowest BCUT2D eigenvalue weighted by Crippen LogP contribution is -2.13. The maximum Gasteiger partial charge on any atom is 0.266 e. The molecular formula is C22H23ClN2O3. The number of rotatable bonds is 9. The minimum absolute atomic E-state index is 0.0166. The molecule has 0 saturated carbocycles. The Bertz CT molecular complexity index is 870. The third-order valence-corrected chi connectivity index (χ3v) is 4.05. The van der Waals surface area contributed by atoms with Gasteiger partial charge in [0.2, 0.25) is 0 Å². The smallest absolute Gasteiger partial charge is 0.266 e. The van der Waals surface area contributed by atoms with Gasteiger partial charge < -0.3 is 14.8 Å². The molecule has 28 heavy (non-hydrogen) atoms. The topological polar surface area (TPSA) is 71.3 Å². The molecule has 1 amide bonds. The molecule has 5 nitrogen and oxygen atoms in total. The van der Waals surface area contributed by atoms with Gasteiger partial charge in [-0.1, -0.05) is 31.0 Å². The number of carbonyl (C=O) groups excluding carboxylic acids is 1. The number of benzene rings is 2. The maximum absolute atomic E-state index is 12.4. The third kappa shape index (κ3) is 6.33. The number of anilines is 1. The summed E-state index contributed by atoms with van der Waals surface area (Å²) in [5.41, 5.74) is 1.22. The first-order valence-electron chi connectivity index (χ1n) is 9.15. The van der Waals surface area contributed by atoms with E-state index in [0.717, 1.165) is 12.8 Å². The Kier molecular flexibility index (Phi) is 8.38. The monoisotopic (exact) mass is 398 g/mol. The number of halogens is 1. The molecule has 0 aliphatic heterocycles. The molecule has 0 aliphatic rings. The molecule has 0 heterocycles. The molecule has 0 radical (unpaired) electrons. The van der Waals surface area contributed by atoms with Gasteiger partial charge in [0.1, 0.15) is 11.6 Å². The molecule has 2 aromatic rings. The van der Waals surface area contributed by atoms with Crippen LogP contribution in [0.2, 0.25) is 5.02 Å². The molecule has 0 fully saturated rings. The third-order valence-electron chi connectivity index (χ3n) is 3.80.